The number of sulfonamides is 1. The summed E-state index contributed by atoms with van der Waals surface area (Å²) < 4.78 is 35.1. The molecular weight excluding hydrogens is 508 g/mol. The number of nitrogens with zero attached hydrogens (tertiary/aromatic N) is 3. The van der Waals surface area contributed by atoms with Crippen molar-refractivity contribution >= 4 is 38.6 Å². The second-order valence-corrected chi connectivity index (χ2v) is 11.5. The number of benzene rings is 2. The molecule has 2 saturated heterocycles. The maximum atomic E-state index is 13.6. The van der Waals surface area contributed by atoms with Gasteiger partial charge in [-0.2, -0.15) is 4.72 Å². The Kier molecular flexibility index (Phi) is 8.85. The molecule has 2 unspecified atom stereocenters. The zero-order chi connectivity index (χ0) is 27.3. The Morgan fingerprint density at radius 1 is 1.08 bits per heavy atom. The molecule has 2 aromatic rings. The lowest BCUT2D eigenvalue weighted by atomic mass is 10.1. The molecular formula is C26H36N6O5S. The van der Waals surface area contributed by atoms with Gasteiger partial charge in [0.2, 0.25) is 21.8 Å². The van der Waals surface area contributed by atoms with E-state index in [1.165, 1.54) is 11.0 Å². The maximum absolute atomic E-state index is 13.6. The lowest BCUT2D eigenvalue weighted by Gasteiger charge is -2.38. The van der Waals surface area contributed by atoms with E-state index in [1.807, 2.05) is 24.3 Å². The smallest absolute Gasteiger partial charge is 0.241 e. The van der Waals surface area contributed by atoms with Gasteiger partial charge < -0.3 is 25.2 Å². The molecule has 12 heteroatoms. The molecule has 4 N–H and O–H groups in total. The topological polar surface area (TPSA) is 149 Å². The van der Waals surface area contributed by atoms with Crippen molar-refractivity contribution in [1.29, 1.82) is 5.41 Å². The molecule has 11 nitrogen and oxygen atoms in total. The van der Waals surface area contributed by atoms with Gasteiger partial charge in [0.25, 0.3) is 0 Å². The molecule has 0 saturated carbocycles. The van der Waals surface area contributed by atoms with Gasteiger partial charge in [-0.25, -0.2) is 8.42 Å². The van der Waals surface area contributed by atoms with Crippen LogP contribution in [0.15, 0.2) is 47.4 Å². The van der Waals surface area contributed by atoms with Crippen LogP contribution in [0.1, 0.15) is 32.1 Å². The molecule has 2 amide bonds. The molecule has 2 heterocycles. The number of hydrogen-bond donors (Lipinski definition) is 3. The third-order valence-corrected chi connectivity index (χ3v) is 8.61. The van der Waals surface area contributed by atoms with E-state index in [4.69, 9.17) is 15.9 Å². The van der Waals surface area contributed by atoms with Crippen LogP contribution in [-0.4, -0.2) is 93.0 Å². The molecule has 2 aliphatic rings. The van der Waals surface area contributed by atoms with Crippen molar-refractivity contribution in [3.63, 3.8) is 0 Å². The van der Waals surface area contributed by atoms with Gasteiger partial charge in [0.1, 0.15) is 12.3 Å². The Bertz CT molecular complexity index is 1280. The number of ether oxygens (including phenoxy) is 1. The lowest BCUT2D eigenvalue weighted by molar-refractivity contribution is -0.151. The highest BCUT2D eigenvalue weighted by molar-refractivity contribution is 7.89. The van der Waals surface area contributed by atoms with E-state index in [2.05, 4.69) is 4.72 Å². The van der Waals surface area contributed by atoms with Gasteiger partial charge in [-0.1, -0.05) is 43.2 Å². The van der Waals surface area contributed by atoms with E-state index >= 15 is 0 Å². The molecule has 2 atom stereocenters. The second kappa shape index (κ2) is 12.1. The van der Waals surface area contributed by atoms with Crippen LogP contribution in [0, 0.1) is 5.41 Å². The molecule has 0 aromatic heterocycles. The maximum Gasteiger partial charge on any atom is 0.241 e. The van der Waals surface area contributed by atoms with Crippen molar-refractivity contribution in [3.05, 3.63) is 42.5 Å². The highest BCUT2D eigenvalue weighted by Crippen LogP contribution is 2.21. The summed E-state index contributed by atoms with van der Waals surface area (Å²) in [6.45, 7) is 1.99. The zero-order valence-corrected chi connectivity index (χ0v) is 22.5. The fourth-order valence-corrected chi connectivity index (χ4v) is 6.07. The molecule has 38 heavy (non-hydrogen) atoms. The quantitative estimate of drug-likeness (QED) is 0.351. The first-order valence-corrected chi connectivity index (χ1v) is 14.4. The fraction of sp³-hybridized carbons (Fsp3) is 0.500. The molecule has 4 rings (SSSR count). The van der Waals surface area contributed by atoms with Gasteiger partial charge >= 0.3 is 0 Å². The summed E-state index contributed by atoms with van der Waals surface area (Å²) in [5, 5.41) is 9.33. The second-order valence-electron chi connectivity index (χ2n) is 9.79. The van der Waals surface area contributed by atoms with Crippen molar-refractivity contribution in [2.24, 2.45) is 5.73 Å². The molecule has 0 radical (unpaired) electrons. The summed E-state index contributed by atoms with van der Waals surface area (Å²) in [6.07, 6.45) is 2.64. The number of amides is 2. The summed E-state index contributed by atoms with van der Waals surface area (Å²) in [6, 6.07) is 10.9. The molecule has 206 valence electrons. The van der Waals surface area contributed by atoms with Gasteiger partial charge in [0.15, 0.2) is 5.96 Å². The standard InChI is InChI=1S/C26H36N6O5S/c1-30(24-18-32(26(27)28)14-15-37-24)23(33)17-22(25(34)31-12-6-2-3-7-13-31)29-38(35,36)21-11-10-19-8-4-5-9-20(19)16-21/h4-5,8-11,16,22,24,29H,2-3,6-7,12-15,17-18H2,1H3,(H3,27,28). The van der Waals surface area contributed by atoms with Crippen LogP contribution in [0.2, 0.25) is 0 Å². The summed E-state index contributed by atoms with van der Waals surface area (Å²) in [7, 11) is -2.57. The number of fused-ring (bicyclic) bond motifs is 1. The van der Waals surface area contributed by atoms with Gasteiger partial charge in [-0.05, 0) is 35.7 Å². The summed E-state index contributed by atoms with van der Waals surface area (Å²) in [5.74, 6) is -0.973. The number of carbonyl (C=O) groups excluding carboxylic acids is 2. The highest BCUT2D eigenvalue weighted by atomic mass is 32.2. The summed E-state index contributed by atoms with van der Waals surface area (Å²) >= 11 is 0. The van der Waals surface area contributed by atoms with Crippen LogP contribution >= 0.6 is 0 Å². The van der Waals surface area contributed by atoms with Crippen molar-refractivity contribution in [2.45, 2.75) is 49.3 Å². The zero-order valence-electron chi connectivity index (χ0n) is 21.6. The van der Waals surface area contributed by atoms with Crippen LogP contribution < -0.4 is 10.5 Å². The van der Waals surface area contributed by atoms with Gasteiger partial charge in [0.05, 0.1) is 24.5 Å². The van der Waals surface area contributed by atoms with Crippen LogP contribution in [0.5, 0.6) is 0 Å². The van der Waals surface area contributed by atoms with E-state index in [0.29, 0.717) is 19.6 Å². The van der Waals surface area contributed by atoms with Gasteiger partial charge in [-0.15, -0.1) is 0 Å². The van der Waals surface area contributed by atoms with Crippen molar-refractivity contribution < 1.29 is 22.7 Å². The van der Waals surface area contributed by atoms with Crippen molar-refractivity contribution in [1.82, 2.24) is 19.4 Å². The number of carbonyl (C=O) groups is 2. The molecule has 0 spiro atoms. The first-order valence-electron chi connectivity index (χ1n) is 12.9. The number of nitrogens with two attached hydrogens (primary N) is 1. The third-order valence-electron chi connectivity index (χ3n) is 7.14. The molecule has 0 aliphatic carbocycles. The number of guanidine groups is 1. The largest absolute Gasteiger partial charge is 0.370 e. The fourth-order valence-electron chi connectivity index (χ4n) is 4.84. The SMILES string of the molecule is CN(C(=O)CC(NS(=O)(=O)c1ccc2ccccc2c1)C(=O)N1CCCCCC1)C1CN(C(=N)N)CCO1. The highest BCUT2D eigenvalue weighted by Gasteiger charge is 2.35. The number of likely N-dealkylation sites (N-methyl/N-ethyl adjacent to an activating group) is 1. The van der Waals surface area contributed by atoms with E-state index in [1.54, 1.807) is 29.0 Å². The Morgan fingerprint density at radius 3 is 2.45 bits per heavy atom. The van der Waals surface area contributed by atoms with Crippen molar-refractivity contribution in [3.8, 4) is 0 Å². The Labute approximate surface area is 223 Å². The number of rotatable bonds is 7. The predicted molar refractivity (Wildman–Crippen MR) is 144 cm³/mol. The van der Waals surface area contributed by atoms with E-state index < -0.39 is 34.1 Å². The molecule has 2 aliphatic heterocycles. The summed E-state index contributed by atoms with van der Waals surface area (Å²) in [4.78, 5) is 31.5. The summed E-state index contributed by atoms with van der Waals surface area (Å²) in [5.41, 5.74) is 5.60. The minimum atomic E-state index is -4.11. The molecule has 2 aromatic carbocycles. The molecule has 2 fully saturated rings. The lowest BCUT2D eigenvalue weighted by Crippen LogP contribution is -2.56. The van der Waals surface area contributed by atoms with Crippen LogP contribution in [0.3, 0.4) is 0 Å². The van der Waals surface area contributed by atoms with Crippen LogP contribution in [0.4, 0.5) is 0 Å². The first kappa shape index (κ1) is 27.8. The van der Waals surface area contributed by atoms with E-state index in [9.17, 15) is 18.0 Å². The average Bonchev–Trinajstić information content (AvgIpc) is 3.21. The van der Waals surface area contributed by atoms with Crippen molar-refractivity contribution in [2.75, 3.05) is 39.8 Å². The monoisotopic (exact) mass is 544 g/mol. The Morgan fingerprint density at radius 2 is 1.76 bits per heavy atom. The first-order chi connectivity index (χ1) is 18.2. The third kappa shape index (κ3) is 6.61. The molecule has 0 bridgehead atoms. The van der Waals surface area contributed by atoms with E-state index in [-0.39, 0.29) is 30.4 Å². The number of hydrogen-bond acceptors (Lipinski definition) is 6. The van der Waals surface area contributed by atoms with E-state index in [0.717, 1.165) is 36.5 Å². The average molecular weight is 545 g/mol. The minimum Gasteiger partial charge on any atom is -0.370 e. The van der Waals surface area contributed by atoms with Crippen LogP contribution in [0.25, 0.3) is 10.8 Å². The number of nitrogens with one attached hydrogen (secondary N) is 2. The predicted octanol–water partition coefficient (Wildman–Crippen LogP) is 1.29. The van der Waals surface area contributed by atoms with Gasteiger partial charge in [0, 0.05) is 26.7 Å². The number of likely N-dealkylation sites (tertiary alicyclic amines) is 1. The normalized spacial score (nSPS) is 19.6. The number of morpholine rings is 1. The Balaban J connectivity index is 1.55. The minimum absolute atomic E-state index is 0.0263. The Hall–Kier alpha value is -3.22. The van der Waals surface area contributed by atoms with Gasteiger partial charge in [-0.3, -0.25) is 15.0 Å². The van der Waals surface area contributed by atoms with Crippen LogP contribution in [-0.2, 0) is 24.3 Å².